The molecule has 3 aromatic rings. The van der Waals surface area contributed by atoms with E-state index in [1.54, 1.807) is 24.3 Å². The smallest absolute Gasteiger partial charge is 0.350 e. The lowest BCUT2D eigenvalue weighted by atomic mass is 10.0. The van der Waals surface area contributed by atoms with Gasteiger partial charge in [0.15, 0.2) is 5.11 Å². The lowest BCUT2D eigenvalue weighted by Gasteiger charge is -2.35. The van der Waals surface area contributed by atoms with Crippen molar-refractivity contribution in [2.24, 2.45) is 5.73 Å². The lowest BCUT2D eigenvalue weighted by molar-refractivity contribution is 0.101. The maximum Gasteiger partial charge on any atom is 0.350 e. The molecule has 1 fully saturated rings. The fraction of sp³-hybridized carbons (Fsp3) is 0.400. The van der Waals surface area contributed by atoms with Crippen LogP contribution >= 0.6 is 23.8 Å². The van der Waals surface area contributed by atoms with Gasteiger partial charge in [0.25, 0.3) is 0 Å². The zero-order chi connectivity index (χ0) is 24.9. The van der Waals surface area contributed by atoms with Crippen LogP contribution in [0.3, 0.4) is 0 Å². The Bertz CT molecular complexity index is 1190. The van der Waals surface area contributed by atoms with Gasteiger partial charge in [-0.05, 0) is 60.5 Å². The normalized spacial score (nSPS) is 16.3. The fourth-order valence-electron chi connectivity index (χ4n) is 4.44. The Labute approximate surface area is 215 Å². The lowest BCUT2D eigenvalue weighted by Crippen LogP contribution is -2.50. The van der Waals surface area contributed by atoms with Crippen molar-refractivity contribution in [3.8, 4) is 5.69 Å². The predicted molar refractivity (Wildman–Crippen MR) is 142 cm³/mol. The molecule has 1 saturated heterocycles. The van der Waals surface area contributed by atoms with E-state index < -0.39 is 12.1 Å². The molecule has 0 bridgehead atoms. The number of piperazine rings is 1. The van der Waals surface area contributed by atoms with Crippen molar-refractivity contribution in [1.82, 2.24) is 24.1 Å². The Hall–Kier alpha value is -2.72. The summed E-state index contributed by atoms with van der Waals surface area (Å²) in [5, 5.41) is 16.3. The van der Waals surface area contributed by atoms with Crippen LogP contribution in [-0.2, 0) is 6.42 Å². The van der Waals surface area contributed by atoms with Crippen molar-refractivity contribution in [1.29, 1.82) is 0 Å². The average Bonchev–Trinajstić information content (AvgIpc) is 3.25. The molecule has 1 aliphatic heterocycles. The standard InChI is InChI=1S/C25H31ClN6O2S/c1-2-22(23(33)19-5-7-20(26)8-6-19)32-25(34)31(17-28-32)21-9-3-18(4-10-21)11-12-29-13-15-30(16-14-29)24(27)35/h3-10,17,22-23,33H,2,11-16H2,1H3,(H2,27,35). The van der Waals surface area contributed by atoms with Gasteiger partial charge in [-0.1, -0.05) is 42.8 Å². The molecule has 1 aliphatic rings. The topological polar surface area (TPSA) is 92.6 Å². The second-order valence-electron chi connectivity index (χ2n) is 8.78. The molecule has 8 nitrogen and oxygen atoms in total. The number of thiocarbonyl (C=S) groups is 1. The highest BCUT2D eigenvalue weighted by Gasteiger charge is 2.25. The van der Waals surface area contributed by atoms with Crippen LogP contribution in [-0.4, -0.2) is 67.1 Å². The SMILES string of the molecule is CCC(C(O)c1ccc(Cl)cc1)n1ncn(-c2ccc(CCN3CCN(C(N)=S)CC3)cc2)c1=O. The Morgan fingerprint density at radius 3 is 2.37 bits per heavy atom. The van der Waals surface area contributed by atoms with Gasteiger partial charge in [0, 0.05) is 37.7 Å². The number of hydrogen-bond acceptors (Lipinski definition) is 5. The third-order valence-electron chi connectivity index (χ3n) is 6.62. The Balaban J connectivity index is 1.41. The molecule has 2 aromatic carbocycles. The number of nitrogens with zero attached hydrogens (tertiary/aromatic N) is 5. The molecule has 186 valence electrons. The van der Waals surface area contributed by atoms with Crippen LogP contribution in [0.2, 0.25) is 5.02 Å². The fourth-order valence-corrected chi connectivity index (χ4v) is 4.74. The molecule has 0 radical (unpaired) electrons. The van der Waals surface area contributed by atoms with E-state index in [2.05, 4.69) is 10.00 Å². The molecule has 10 heteroatoms. The molecule has 2 unspecified atom stereocenters. The summed E-state index contributed by atoms with van der Waals surface area (Å²) in [5.41, 5.74) is 8.07. The molecule has 0 aliphatic carbocycles. The number of hydrogen-bond donors (Lipinski definition) is 2. The van der Waals surface area contributed by atoms with E-state index in [1.165, 1.54) is 21.1 Å². The number of aromatic nitrogens is 3. The van der Waals surface area contributed by atoms with Crippen molar-refractivity contribution in [3.63, 3.8) is 0 Å². The Kier molecular flexibility index (Phi) is 8.22. The summed E-state index contributed by atoms with van der Waals surface area (Å²) < 4.78 is 2.87. The number of nitrogens with two attached hydrogens (primary N) is 1. The highest BCUT2D eigenvalue weighted by molar-refractivity contribution is 7.80. The number of aliphatic hydroxyl groups excluding tert-OH is 1. The molecular weight excluding hydrogens is 484 g/mol. The third kappa shape index (κ3) is 5.92. The maximum absolute atomic E-state index is 13.2. The van der Waals surface area contributed by atoms with Gasteiger partial charge in [-0.15, -0.1) is 0 Å². The molecule has 3 N–H and O–H groups in total. The van der Waals surface area contributed by atoms with Gasteiger partial charge in [-0.25, -0.2) is 14.0 Å². The van der Waals surface area contributed by atoms with E-state index in [9.17, 15) is 9.90 Å². The highest BCUT2D eigenvalue weighted by atomic mass is 35.5. The number of aliphatic hydroxyl groups is 1. The molecule has 0 amide bonds. The van der Waals surface area contributed by atoms with Crippen LogP contribution in [0.15, 0.2) is 59.7 Å². The summed E-state index contributed by atoms with van der Waals surface area (Å²) in [5.74, 6) is 0. The zero-order valence-electron chi connectivity index (χ0n) is 19.8. The molecule has 2 atom stereocenters. The Morgan fingerprint density at radius 1 is 1.11 bits per heavy atom. The van der Waals surface area contributed by atoms with Gasteiger partial charge in [0.05, 0.1) is 11.7 Å². The highest BCUT2D eigenvalue weighted by Crippen LogP contribution is 2.28. The zero-order valence-corrected chi connectivity index (χ0v) is 21.3. The predicted octanol–water partition coefficient (Wildman–Crippen LogP) is 2.78. The Morgan fingerprint density at radius 2 is 1.77 bits per heavy atom. The summed E-state index contributed by atoms with van der Waals surface area (Å²) in [6.45, 7) is 6.52. The first-order valence-corrected chi connectivity index (χ1v) is 12.6. The van der Waals surface area contributed by atoms with Crippen molar-refractivity contribution in [2.45, 2.75) is 31.9 Å². The van der Waals surface area contributed by atoms with Crippen molar-refractivity contribution in [3.05, 3.63) is 81.5 Å². The van der Waals surface area contributed by atoms with Crippen LogP contribution < -0.4 is 11.4 Å². The summed E-state index contributed by atoms with van der Waals surface area (Å²) in [6, 6.07) is 14.5. The van der Waals surface area contributed by atoms with Gasteiger partial charge < -0.3 is 15.7 Å². The molecular formula is C25H31ClN6O2S. The minimum Gasteiger partial charge on any atom is -0.386 e. The second-order valence-corrected chi connectivity index (χ2v) is 9.64. The van der Waals surface area contributed by atoms with Crippen LogP contribution in [0.4, 0.5) is 0 Å². The van der Waals surface area contributed by atoms with E-state index in [0.717, 1.165) is 44.8 Å². The largest absolute Gasteiger partial charge is 0.386 e. The minimum atomic E-state index is -0.872. The van der Waals surface area contributed by atoms with Crippen LogP contribution in [0.5, 0.6) is 0 Å². The van der Waals surface area contributed by atoms with Crippen LogP contribution in [0.25, 0.3) is 5.69 Å². The molecule has 4 rings (SSSR count). The van der Waals surface area contributed by atoms with Gasteiger partial charge in [-0.3, -0.25) is 4.90 Å². The number of benzene rings is 2. The van der Waals surface area contributed by atoms with Crippen molar-refractivity contribution in [2.75, 3.05) is 32.7 Å². The number of rotatable bonds is 8. The van der Waals surface area contributed by atoms with E-state index >= 15 is 0 Å². The first-order valence-electron chi connectivity index (χ1n) is 11.8. The van der Waals surface area contributed by atoms with Crippen LogP contribution in [0, 0.1) is 0 Å². The molecule has 0 saturated carbocycles. The van der Waals surface area contributed by atoms with E-state index in [-0.39, 0.29) is 5.69 Å². The monoisotopic (exact) mass is 514 g/mol. The maximum atomic E-state index is 13.2. The minimum absolute atomic E-state index is 0.284. The van der Waals surface area contributed by atoms with Crippen LogP contribution in [0.1, 0.15) is 36.6 Å². The molecule has 0 spiro atoms. The van der Waals surface area contributed by atoms with E-state index in [4.69, 9.17) is 29.6 Å². The van der Waals surface area contributed by atoms with Gasteiger partial charge in [0.2, 0.25) is 0 Å². The summed E-state index contributed by atoms with van der Waals surface area (Å²) in [6.07, 6.45) is 2.11. The van der Waals surface area contributed by atoms with E-state index in [1.807, 2.05) is 36.1 Å². The number of halogens is 1. The van der Waals surface area contributed by atoms with Gasteiger partial charge in [-0.2, -0.15) is 5.10 Å². The summed E-state index contributed by atoms with van der Waals surface area (Å²) >= 11 is 11.0. The molecule has 2 heterocycles. The summed E-state index contributed by atoms with van der Waals surface area (Å²) in [7, 11) is 0. The second kappa shape index (κ2) is 11.3. The molecule has 35 heavy (non-hydrogen) atoms. The quantitative estimate of drug-likeness (QED) is 0.446. The van der Waals surface area contributed by atoms with Gasteiger partial charge >= 0.3 is 5.69 Å². The first-order chi connectivity index (χ1) is 16.9. The average molecular weight is 515 g/mol. The van der Waals surface area contributed by atoms with E-state index in [0.29, 0.717) is 22.1 Å². The molecule has 1 aromatic heterocycles. The third-order valence-corrected chi connectivity index (χ3v) is 7.13. The van der Waals surface area contributed by atoms with Gasteiger partial charge in [0.1, 0.15) is 12.4 Å². The first kappa shape index (κ1) is 25.4. The van der Waals surface area contributed by atoms with Crippen molar-refractivity contribution >= 4 is 28.9 Å². The van der Waals surface area contributed by atoms with Crippen molar-refractivity contribution < 1.29 is 5.11 Å². The summed E-state index contributed by atoms with van der Waals surface area (Å²) in [4.78, 5) is 17.6.